The van der Waals surface area contributed by atoms with Gasteiger partial charge in [0.1, 0.15) is 11.6 Å². The number of anilines is 1. The molecule has 11 heteroatoms. The minimum absolute atomic E-state index is 0.00245. The van der Waals surface area contributed by atoms with Crippen molar-refractivity contribution in [1.29, 1.82) is 0 Å². The molecule has 1 N–H and O–H groups in total. The predicted molar refractivity (Wildman–Crippen MR) is 112 cm³/mol. The number of alkyl halides is 2. The molecule has 0 spiro atoms. The van der Waals surface area contributed by atoms with Gasteiger partial charge in [-0.25, -0.2) is 31.9 Å². The van der Waals surface area contributed by atoms with Crippen molar-refractivity contribution in [2.24, 2.45) is 0 Å². The number of amides is 2. The Kier molecular flexibility index (Phi) is 4.95. The Morgan fingerprint density at radius 2 is 1.94 bits per heavy atom. The summed E-state index contributed by atoms with van der Waals surface area (Å²) in [6.45, 7) is -0.736. The highest BCUT2D eigenvalue weighted by Crippen LogP contribution is 2.28. The van der Waals surface area contributed by atoms with Gasteiger partial charge in [0.2, 0.25) is 0 Å². The van der Waals surface area contributed by atoms with Crippen LogP contribution >= 0.6 is 0 Å². The number of halogens is 4. The molecule has 1 fully saturated rings. The summed E-state index contributed by atoms with van der Waals surface area (Å²) >= 11 is 0. The summed E-state index contributed by atoms with van der Waals surface area (Å²) in [6, 6.07) is 9.03. The number of hydrogen-bond donors (Lipinski definition) is 1. The summed E-state index contributed by atoms with van der Waals surface area (Å²) in [6.07, 6.45) is 2.69. The van der Waals surface area contributed by atoms with Crippen LogP contribution in [0.25, 0.3) is 28.3 Å². The molecule has 1 saturated heterocycles. The lowest BCUT2D eigenvalue weighted by atomic mass is 10.1. The second-order valence-corrected chi connectivity index (χ2v) is 7.69. The Labute approximate surface area is 184 Å². The lowest BCUT2D eigenvalue weighted by Gasteiger charge is -2.17. The van der Waals surface area contributed by atoms with Crippen LogP contribution < -0.4 is 5.32 Å². The van der Waals surface area contributed by atoms with Gasteiger partial charge < -0.3 is 10.2 Å². The van der Waals surface area contributed by atoms with Crippen LogP contribution in [0.2, 0.25) is 0 Å². The number of benzene rings is 2. The molecule has 33 heavy (non-hydrogen) atoms. The number of aromatic nitrogens is 4. The number of carbonyl (C=O) groups is 1. The van der Waals surface area contributed by atoms with E-state index in [2.05, 4.69) is 20.4 Å². The van der Waals surface area contributed by atoms with Gasteiger partial charge in [-0.15, -0.1) is 5.10 Å². The largest absolute Gasteiger partial charge is 0.322 e. The Morgan fingerprint density at radius 3 is 2.70 bits per heavy atom. The van der Waals surface area contributed by atoms with Crippen molar-refractivity contribution in [2.75, 3.05) is 18.4 Å². The van der Waals surface area contributed by atoms with E-state index in [1.807, 2.05) is 0 Å². The molecule has 5 rings (SSSR count). The third-order valence-electron chi connectivity index (χ3n) is 5.27. The molecule has 2 aromatic carbocycles. The van der Waals surface area contributed by atoms with E-state index >= 15 is 0 Å². The Bertz CT molecular complexity index is 1370. The summed E-state index contributed by atoms with van der Waals surface area (Å²) in [5.41, 5.74) is 1.38. The van der Waals surface area contributed by atoms with E-state index in [0.29, 0.717) is 11.1 Å². The van der Waals surface area contributed by atoms with E-state index in [0.717, 1.165) is 11.0 Å². The summed E-state index contributed by atoms with van der Waals surface area (Å²) in [4.78, 5) is 21.7. The fourth-order valence-electron chi connectivity index (χ4n) is 3.60. The van der Waals surface area contributed by atoms with Crippen molar-refractivity contribution < 1.29 is 22.4 Å². The summed E-state index contributed by atoms with van der Waals surface area (Å²) in [5.74, 6) is -3.74. The van der Waals surface area contributed by atoms with Crippen molar-refractivity contribution in [3.8, 4) is 22.5 Å². The second-order valence-electron chi connectivity index (χ2n) is 7.69. The molecular weight excluding hydrogens is 440 g/mol. The molecule has 7 nitrogen and oxygen atoms in total. The fourth-order valence-corrected chi connectivity index (χ4v) is 3.60. The van der Waals surface area contributed by atoms with Crippen LogP contribution in [0.1, 0.15) is 6.42 Å². The molecule has 0 radical (unpaired) electrons. The van der Waals surface area contributed by atoms with Crippen LogP contribution in [-0.2, 0) is 0 Å². The third-order valence-corrected chi connectivity index (χ3v) is 5.27. The average molecular weight is 456 g/mol. The molecule has 0 bridgehead atoms. The molecule has 0 saturated carbocycles. The van der Waals surface area contributed by atoms with Gasteiger partial charge in [0.15, 0.2) is 5.82 Å². The fraction of sp³-hybridized carbons (Fsp3) is 0.182. The minimum atomic E-state index is -2.91. The van der Waals surface area contributed by atoms with Crippen molar-refractivity contribution in [3.05, 3.63) is 66.5 Å². The molecule has 1 aliphatic heterocycles. The van der Waals surface area contributed by atoms with Crippen LogP contribution in [0, 0.1) is 11.6 Å². The van der Waals surface area contributed by atoms with E-state index < -0.39 is 36.6 Å². The van der Waals surface area contributed by atoms with Gasteiger partial charge in [-0.1, -0.05) is 12.1 Å². The molecule has 2 aromatic heterocycles. The highest BCUT2D eigenvalue weighted by molar-refractivity contribution is 5.90. The monoisotopic (exact) mass is 456 g/mol. The van der Waals surface area contributed by atoms with E-state index in [1.54, 1.807) is 18.3 Å². The molecule has 168 valence electrons. The number of rotatable bonds is 3. The smallest absolute Gasteiger partial charge is 0.318 e. The van der Waals surface area contributed by atoms with Gasteiger partial charge in [-0.05, 0) is 35.9 Å². The second kappa shape index (κ2) is 7.84. The zero-order chi connectivity index (χ0) is 23.2. The first-order chi connectivity index (χ1) is 15.8. The van der Waals surface area contributed by atoms with Crippen LogP contribution in [0.15, 0.2) is 54.9 Å². The predicted octanol–water partition coefficient (Wildman–Crippen LogP) is 4.61. The van der Waals surface area contributed by atoms with E-state index in [4.69, 9.17) is 0 Å². The SMILES string of the molecule is O=C(Nc1ccc(F)c(-c2nc3ncc(-c4cccc(F)c4)cn3n2)c1)N1CCC(F)(F)C1. The van der Waals surface area contributed by atoms with Crippen LogP contribution in [0.3, 0.4) is 0 Å². The topological polar surface area (TPSA) is 75.4 Å². The number of fused-ring (bicyclic) bond motifs is 1. The van der Waals surface area contributed by atoms with Crippen molar-refractivity contribution in [1.82, 2.24) is 24.5 Å². The number of carbonyl (C=O) groups excluding carboxylic acids is 1. The Hall–Kier alpha value is -4.02. The molecule has 0 unspecified atom stereocenters. The average Bonchev–Trinajstić information content (AvgIpc) is 3.37. The molecule has 2 amide bonds. The number of hydrogen-bond acceptors (Lipinski definition) is 4. The highest BCUT2D eigenvalue weighted by Gasteiger charge is 2.40. The maximum atomic E-state index is 14.5. The molecule has 0 atom stereocenters. The van der Waals surface area contributed by atoms with Gasteiger partial charge in [-0.3, -0.25) is 0 Å². The minimum Gasteiger partial charge on any atom is -0.318 e. The van der Waals surface area contributed by atoms with E-state index in [1.165, 1.54) is 35.0 Å². The molecule has 4 aromatic rings. The maximum Gasteiger partial charge on any atom is 0.322 e. The molecule has 1 aliphatic rings. The highest BCUT2D eigenvalue weighted by atomic mass is 19.3. The number of nitrogens with zero attached hydrogens (tertiary/aromatic N) is 5. The number of nitrogens with one attached hydrogen (secondary N) is 1. The van der Waals surface area contributed by atoms with Crippen LogP contribution in [0.5, 0.6) is 0 Å². The molecule has 3 heterocycles. The van der Waals surface area contributed by atoms with Crippen molar-refractivity contribution in [3.63, 3.8) is 0 Å². The lowest BCUT2D eigenvalue weighted by Crippen LogP contribution is -2.34. The first kappa shape index (κ1) is 20.9. The van der Waals surface area contributed by atoms with E-state index in [-0.39, 0.29) is 29.4 Å². The zero-order valence-electron chi connectivity index (χ0n) is 17.0. The van der Waals surface area contributed by atoms with Crippen LogP contribution in [0.4, 0.5) is 28.0 Å². The summed E-state index contributed by atoms with van der Waals surface area (Å²) in [5, 5.41) is 6.76. The van der Waals surface area contributed by atoms with Crippen molar-refractivity contribution >= 4 is 17.5 Å². The first-order valence-corrected chi connectivity index (χ1v) is 9.99. The normalized spacial score (nSPS) is 15.2. The Balaban J connectivity index is 1.43. The Morgan fingerprint density at radius 1 is 1.09 bits per heavy atom. The summed E-state index contributed by atoms with van der Waals surface area (Å²) < 4.78 is 56.2. The van der Waals surface area contributed by atoms with E-state index in [9.17, 15) is 22.4 Å². The van der Waals surface area contributed by atoms with Gasteiger partial charge in [-0.2, -0.15) is 4.98 Å². The lowest BCUT2D eigenvalue weighted by molar-refractivity contribution is 0.0159. The summed E-state index contributed by atoms with van der Waals surface area (Å²) in [7, 11) is 0. The molecular formula is C22H16F4N6O. The molecule has 0 aliphatic carbocycles. The number of likely N-dealkylation sites (tertiary alicyclic amines) is 1. The third kappa shape index (κ3) is 4.21. The standard InChI is InChI=1S/C22H16F4N6O/c23-15-3-1-2-13(8-15)14-10-27-20-29-19(30-32(20)11-14)17-9-16(4-5-18(17)24)28-21(33)31-7-6-22(25,26)12-31/h1-5,8-11H,6-7,12H2,(H,28,33). The maximum absolute atomic E-state index is 14.5. The van der Waals surface area contributed by atoms with Gasteiger partial charge >= 0.3 is 6.03 Å². The van der Waals surface area contributed by atoms with Gasteiger partial charge in [0.25, 0.3) is 11.7 Å². The quantitative estimate of drug-likeness (QED) is 0.457. The number of urea groups is 1. The van der Waals surface area contributed by atoms with Crippen molar-refractivity contribution in [2.45, 2.75) is 12.3 Å². The zero-order valence-corrected chi connectivity index (χ0v) is 17.0. The van der Waals surface area contributed by atoms with Gasteiger partial charge in [0, 0.05) is 36.6 Å². The van der Waals surface area contributed by atoms with Crippen LogP contribution in [-0.4, -0.2) is 49.5 Å². The van der Waals surface area contributed by atoms with Gasteiger partial charge in [0.05, 0.1) is 12.1 Å². The first-order valence-electron chi connectivity index (χ1n) is 9.99.